The van der Waals surface area contributed by atoms with E-state index in [1.807, 2.05) is 0 Å². The number of carbonyl (C=O) groups is 1. The van der Waals surface area contributed by atoms with Gasteiger partial charge in [0.15, 0.2) is 0 Å². The predicted octanol–water partition coefficient (Wildman–Crippen LogP) is 6.56. The van der Waals surface area contributed by atoms with Crippen molar-refractivity contribution in [3.05, 3.63) is 69.0 Å². The summed E-state index contributed by atoms with van der Waals surface area (Å²) >= 11 is 0. The van der Waals surface area contributed by atoms with E-state index in [0.29, 0.717) is 12.1 Å². The Morgan fingerprint density at radius 2 is 1.38 bits per heavy atom. The van der Waals surface area contributed by atoms with Crippen LogP contribution in [0.2, 0.25) is 0 Å². The number of ether oxygens (including phenoxy) is 2. The quantitative estimate of drug-likeness (QED) is 0.0783. The molecule has 2 rings (SSSR count). The first-order valence-corrected chi connectivity index (χ1v) is 19.5. The van der Waals surface area contributed by atoms with Crippen LogP contribution in [0.15, 0.2) is 52.2 Å². The maximum absolute atomic E-state index is 13.0. The number of benzene rings is 1. The molecule has 0 aliphatic carbocycles. The van der Waals surface area contributed by atoms with Crippen LogP contribution in [0.25, 0.3) is 0 Å². The van der Waals surface area contributed by atoms with Crippen LogP contribution in [0.1, 0.15) is 115 Å². The van der Waals surface area contributed by atoms with Crippen LogP contribution in [-0.2, 0) is 42.6 Å². The molecule has 1 aromatic heterocycles. The molecule has 48 heavy (non-hydrogen) atoms. The summed E-state index contributed by atoms with van der Waals surface area (Å²) in [6, 6.07) is 9.78. The molecule has 0 bridgehead atoms. The van der Waals surface area contributed by atoms with E-state index in [1.54, 1.807) is 30.3 Å². The van der Waals surface area contributed by atoms with Crippen molar-refractivity contribution in [1.82, 2.24) is 14.5 Å². The van der Waals surface area contributed by atoms with Gasteiger partial charge in [0.25, 0.3) is 15.7 Å². The van der Waals surface area contributed by atoms with Gasteiger partial charge in [0, 0.05) is 25.9 Å². The number of unbranched alkanes of at least 4 members (excludes halogenated alkanes) is 15. The van der Waals surface area contributed by atoms with E-state index < -0.39 is 33.6 Å². The van der Waals surface area contributed by atoms with Gasteiger partial charge in [-0.2, -0.15) is 8.42 Å². The lowest BCUT2D eigenvalue weighted by Gasteiger charge is -2.18. The van der Waals surface area contributed by atoms with Crippen molar-refractivity contribution in [3.63, 3.8) is 0 Å². The van der Waals surface area contributed by atoms with Crippen LogP contribution in [0.5, 0.6) is 0 Å². The van der Waals surface area contributed by atoms with E-state index >= 15 is 0 Å². The molecule has 1 unspecified atom stereocenters. The molecule has 0 radical (unpaired) electrons. The first kappa shape index (κ1) is 41.2. The second-order valence-electron chi connectivity index (χ2n) is 12.4. The monoisotopic (exact) mass is 693 g/mol. The van der Waals surface area contributed by atoms with Gasteiger partial charge in [-0.15, -0.1) is 0 Å². The highest BCUT2D eigenvalue weighted by Crippen LogP contribution is 2.14. The molecule has 0 aliphatic heterocycles. The van der Waals surface area contributed by atoms with Gasteiger partial charge in [-0.3, -0.25) is 18.1 Å². The minimum absolute atomic E-state index is 0.0230. The van der Waals surface area contributed by atoms with Gasteiger partial charge in [-0.25, -0.2) is 9.59 Å². The fraction of sp³-hybridized carbons (Fsp3) is 0.694. The first-order chi connectivity index (χ1) is 23.3. The summed E-state index contributed by atoms with van der Waals surface area (Å²) < 4.78 is 42.5. The van der Waals surface area contributed by atoms with Crippen molar-refractivity contribution >= 4 is 16.2 Å². The van der Waals surface area contributed by atoms with E-state index in [0.717, 1.165) is 23.8 Å². The fourth-order valence-corrected chi connectivity index (χ4v) is 6.49. The highest BCUT2D eigenvalue weighted by atomic mass is 32.2. The highest BCUT2D eigenvalue weighted by molar-refractivity contribution is 7.85. The van der Waals surface area contributed by atoms with Crippen molar-refractivity contribution < 1.29 is 26.9 Å². The molecule has 1 atom stereocenters. The summed E-state index contributed by atoms with van der Waals surface area (Å²) in [4.78, 5) is 37.5. The Kier molecular flexibility index (Phi) is 21.5. The molecule has 1 heterocycles. The SMILES string of the molecule is CCCCCCCCCCCCCCCCCCNC(=O)OCC(Cn1ccc(=O)n(CCOS(=O)(=O)Cc2ccccc2)c1=O)OC. The highest BCUT2D eigenvalue weighted by Gasteiger charge is 2.16. The van der Waals surface area contributed by atoms with Gasteiger partial charge < -0.3 is 14.8 Å². The molecule has 0 saturated heterocycles. The molecular formula is C36H59N3O8S. The van der Waals surface area contributed by atoms with E-state index in [-0.39, 0.29) is 32.1 Å². The number of amides is 1. The smallest absolute Gasteiger partial charge is 0.407 e. The Morgan fingerprint density at radius 3 is 1.94 bits per heavy atom. The predicted molar refractivity (Wildman–Crippen MR) is 190 cm³/mol. The summed E-state index contributed by atoms with van der Waals surface area (Å²) in [6.07, 6.45) is 20.8. The van der Waals surface area contributed by atoms with Gasteiger partial charge in [0.1, 0.15) is 18.5 Å². The number of hydrogen-bond donors (Lipinski definition) is 1. The normalized spacial score (nSPS) is 12.2. The molecular weight excluding hydrogens is 634 g/mol. The number of nitrogens with one attached hydrogen (secondary N) is 1. The molecule has 0 spiro atoms. The molecule has 0 fully saturated rings. The van der Waals surface area contributed by atoms with Gasteiger partial charge in [-0.1, -0.05) is 134 Å². The lowest BCUT2D eigenvalue weighted by Crippen LogP contribution is -2.42. The zero-order valence-electron chi connectivity index (χ0n) is 29.2. The Hall–Kier alpha value is -2.96. The molecule has 12 heteroatoms. The van der Waals surface area contributed by atoms with Gasteiger partial charge >= 0.3 is 11.8 Å². The van der Waals surface area contributed by atoms with Crippen LogP contribution in [0.3, 0.4) is 0 Å². The third-order valence-corrected chi connectivity index (χ3v) is 9.55. The van der Waals surface area contributed by atoms with Crippen molar-refractivity contribution in [1.29, 1.82) is 0 Å². The van der Waals surface area contributed by atoms with Gasteiger partial charge in [-0.05, 0) is 12.0 Å². The summed E-state index contributed by atoms with van der Waals surface area (Å²) in [6.45, 7) is 2.11. The zero-order chi connectivity index (χ0) is 34.9. The third-order valence-electron chi connectivity index (χ3n) is 8.34. The van der Waals surface area contributed by atoms with Crippen LogP contribution >= 0.6 is 0 Å². The summed E-state index contributed by atoms with van der Waals surface area (Å²) in [5.74, 6) is -0.315. The number of alkyl carbamates (subject to hydrolysis) is 1. The maximum atomic E-state index is 13.0. The van der Waals surface area contributed by atoms with Crippen LogP contribution < -0.4 is 16.6 Å². The number of rotatable bonds is 28. The molecule has 2 aromatic rings. The molecule has 1 N–H and O–H groups in total. The Balaban J connectivity index is 1.57. The third kappa shape index (κ3) is 18.5. The van der Waals surface area contributed by atoms with E-state index in [9.17, 15) is 22.8 Å². The summed E-state index contributed by atoms with van der Waals surface area (Å²) in [7, 11) is -2.46. The molecule has 0 aliphatic rings. The van der Waals surface area contributed by atoms with Crippen molar-refractivity contribution in [3.8, 4) is 0 Å². The number of nitrogens with zero attached hydrogens (tertiary/aromatic N) is 2. The average molecular weight is 694 g/mol. The second-order valence-corrected chi connectivity index (χ2v) is 14.1. The Labute approximate surface area is 287 Å². The minimum atomic E-state index is -3.90. The van der Waals surface area contributed by atoms with E-state index in [1.165, 1.54) is 107 Å². The topological polar surface area (TPSA) is 135 Å². The van der Waals surface area contributed by atoms with Gasteiger partial charge in [0.2, 0.25) is 0 Å². The Bertz CT molecular complexity index is 1360. The first-order valence-electron chi connectivity index (χ1n) is 17.9. The van der Waals surface area contributed by atoms with E-state index in [4.69, 9.17) is 13.7 Å². The zero-order valence-corrected chi connectivity index (χ0v) is 30.1. The maximum Gasteiger partial charge on any atom is 0.407 e. The number of methoxy groups -OCH3 is 1. The molecule has 0 saturated carbocycles. The molecule has 272 valence electrons. The molecule has 11 nitrogen and oxygen atoms in total. The lowest BCUT2D eigenvalue weighted by atomic mass is 10.0. The van der Waals surface area contributed by atoms with Crippen molar-refractivity contribution in [2.24, 2.45) is 0 Å². The van der Waals surface area contributed by atoms with Crippen LogP contribution in [0, 0.1) is 0 Å². The van der Waals surface area contributed by atoms with E-state index in [2.05, 4.69) is 12.2 Å². The molecule has 1 amide bonds. The lowest BCUT2D eigenvalue weighted by molar-refractivity contribution is 0.0243. The Morgan fingerprint density at radius 1 is 0.812 bits per heavy atom. The largest absolute Gasteiger partial charge is 0.447 e. The average Bonchev–Trinajstić information content (AvgIpc) is 3.07. The molecule has 1 aromatic carbocycles. The van der Waals surface area contributed by atoms with Crippen molar-refractivity contribution in [2.45, 2.75) is 135 Å². The number of hydrogen-bond acceptors (Lipinski definition) is 8. The van der Waals surface area contributed by atoms with Crippen LogP contribution in [0.4, 0.5) is 4.79 Å². The van der Waals surface area contributed by atoms with Crippen LogP contribution in [-0.4, -0.2) is 56.6 Å². The summed E-state index contributed by atoms with van der Waals surface area (Å²) in [5, 5.41) is 2.76. The second kappa shape index (κ2) is 25.1. The minimum Gasteiger partial charge on any atom is -0.447 e. The van der Waals surface area contributed by atoms with Crippen molar-refractivity contribution in [2.75, 3.05) is 26.9 Å². The standard InChI is InChI=1S/C36H59N3O8S/c1-3-4-5-6-7-8-9-10-11-12-13-14-15-16-17-21-25-37-35(41)46-30-33(45-2)29-38-26-24-34(40)39(36(38)42)27-28-47-48(43,44)31-32-22-19-18-20-23-32/h18-20,22-24,26,33H,3-17,21,25,27-31H2,1-2H3,(H,37,41). The number of aromatic nitrogens is 2. The summed E-state index contributed by atoms with van der Waals surface area (Å²) in [5.41, 5.74) is -0.668. The van der Waals surface area contributed by atoms with Gasteiger partial charge in [0.05, 0.1) is 19.7 Å². The fourth-order valence-electron chi connectivity index (χ4n) is 5.47. The number of carbonyl (C=O) groups excluding carboxylic acids is 1.